The number of hydrogen-bond donors (Lipinski definition) is 0. The van der Waals surface area contributed by atoms with Gasteiger partial charge in [-0.05, 0) is 31.0 Å². The van der Waals surface area contributed by atoms with Gasteiger partial charge in [0.15, 0.2) is 4.80 Å². The number of benzene rings is 2. The smallest absolute Gasteiger partial charge is 0.190 e. The van der Waals surface area contributed by atoms with E-state index in [1.165, 1.54) is 6.07 Å². The van der Waals surface area contributed by atoms with Gasteiger partial charge in [0.2, 0.25) is 0 Å². The zero-order valence-corrected chi connectivity index (χ0v) is 14.6. The van der Waals surface area contributed by atoms with Crippen LogP contribution in [0.25, 0.3) is 11.3 Å². The molecule has 0 saturated heterocycles. The molecule has 1 heterocycles. The van der Waals surface area contributed by atoms with Gasteiger partial charge in [-0.15, -0.1) is 11.3 Å². The quantitative estimate of drug-likeness (QED) is 0.548. The molecule has 5 heteroatoms. The minimum atomic E-state index is -0.286. The van der Waals surface area contributed by atoms with Gasteiger partial charge in [0.05, 0.1) is 5.69 Å². The average Bonchev–Trinajstić information content (AvgIpc) is 3.31. The maximum atomic E-state index is 13.9. The SMILES string of the molecule is Fc1ccccc1N=c1scc(-c2ccccc2Br)n1C1CC1. The lowest BCUT2D eigenvalue weighted by Gasteiger charge is -2.09. The van der Waals surface area contributed by atoms with Crippen LogP contribution in [0.15, 0.2) is 63.4 Å². The van der Waals surface area contributed by atoms with E-state index in [-0.39, 0.29) is 5.82 Å². The molecule has 0 unspecified atom stereocenters. The lowest BCUT2D eigenvalue weighted by Crippen LogP contribution is -2.14. The Labute approximate surface area is 146 Å². The van der Waals surface area contributed by atoms with Crippen LogP contribution in [0, 0.1) is 5.82 Å². The number of halogens is 2. The molecule has 0 atom stereocenters. The number of para-hydroxylation sites is 1. The van der Waals surface area contributed by atoms with Gasteiger partial charge in [-0.1, -0.05) is 46.3 Å². The largest absolute Gasteiger partial charge is 0.313 e. The highest BCUT2D eigenvalue weighted by Crippen LogP contribution is 2.39. The molecule has 0 N–H and O–H groups in total. The molecular formula is C18H14BrFN2S. The fourth-order valence-electron chi connectivity index (χ4n) is 2.60. The Morgan fingerprint density at radius 1 is 1.09 bits per heavy atom. The van der Waals surface area contributed by atoms with Crippen molar-refractivity contribution < 1.29 is 4.39 Å². The molecule has 1 fully saturated rings. The minimum absolute atomic E-state index is 0.286. The average molecular weight is 389 g/mol. The third-order valence-electron chi connectivity index (χ3n) is 3.87. The van der Waals surface area contributed by atoms with Crippen molar-refractivity contribution in [2.45, 2.75) is 18.9 Å². The Morgan fingerprint density at radius 3 is 2.57 bits per heavy atom. The summed E-state index contributed by atoms with van der Waals surface area (Å²) in [7, 11) is 0. The van der Waals surface area contributed by atoms with Crippen LogP contribution in [0.2, 0.25) is 0 Å². The molecule has 1 saturated carbocycles. The highest BCUT2D eigenvalue weighted by Gasteiger charge is 2.27. The summed E-state index contributed by atoms with van der Waals surface area (Å²) in [6, 6.07) is 15.3. The molecule has 2 nitrogen and oxygen atoms in total. The monoisotopic (exact) mass is 388 g/mol. The number of aromatic nitrogens is 1. The van der Waals surface area contributed by atoms with E-state index in [2.05, 4.69) is 36.9 Å². The molecular weight excluding hydrogens is 375 g/mol. The predicted molar refractivity (Wildman–Crippen MR) is 95.3 cm³/mol. The molecule has 0 aliphatic heterocycles. The number of nitrogens with zero attached hydrogens (tertiary/aromatic N) is 2. The summed E-state index contributed by atoms with van der Waals surface area (Å²) in [5.41, 5.74) is 2.67. The van der Waals surface area contributed by atoms with Gasteiger partial charge in [0, 0.05) is 21.5 Å². The van der Waals surface area contributed by atoms with Crippen LogP contribution in [0.5, 0.6) is 0 Å². The van der Waals surface area contributed by atoms with Gasteiger partial charge < -0.3 is 4.57 Å². The standard InChI is InChI=1S/C18H14BrFN2S/c19-14-6-2-1-5-13(14)17-11-23-18(22(17)12-9-10-12)21-16-8-4-3-7-15(16)20/h1-8,11-12H,9-10H2. The van der Waals surface area contributed by atoms with Crippen molar-refractivity contribution >= 4 is 33.0 Å². The van der Waals surface area contributed by atoms with Gasteiger partial charge in [-0.2, -0.15) is 0 Å². The summed E-state index contributed by atoms with van der Waals surface area (Å²) in [5, 5.41) is 2.11. The van der Waals surface area contributed by atoms with Crippen molar-refractivity contribution in [2.24, 2.45) is 4.99 Å². The van der Waals surface area contributed by atoms with E-state index >= 15 is 0 Å². The molecule has 0 amide bonds. The Bertz CT molecular complexity index is 925. The van der Waals surface area contributed by atoms with Gasteiger partial charge in [-0.25, -0.2) is 9.38 Å². The Kier molecular flexibility index (Phi) is 3.91. The van der Waals surface area contributed by atoms with Crippen LogP contribution in [0.3, 0.4) is 0 Å². The van der Waals surface area contributed by atoms with E-state index in [1.807, 2.05) is 24.3 Å². The topological polar surface area (TPSA) is 17.3 Å². The molecule has 4 rings (SSSR count). The first-order valence-electron chi connectivity index (χ1n) is 7.48. The molecule has 3 aromatic rings. The van der Waals surface area contributed by atoms with Crippen LogP contribution < -0.4 is 4.80 Å². The maximum Gasteiger partial charge on any atom is 0.190 e. The summed E-state index contributed by atoms with van der Waals surface area (Å²) >= 11 is 5.19. The molecule has 116 valence electrons. The summed E-state index contributed by atoms with van der Waals surface area (Å²) in [5.74, 6) is -0.286. The van der Waals surface area contributed by atoms with E-state index in [0.29, 0.717) is 11.7 Å². The molecule has 1 aromatic heterocycles. The maximum absolute atomic E-state index is 13.9. The van der Waals surface area contributed by atoms with Crippen LogP contribution >= 0.6 is 27.3 Å². The van der Waals surface area contributed by atoms with Gasteiger partial charge in [-0.3, -0.25) is 0 Å². The Hall–Kier alpha value is -1.72. The van der Waals surface area contributed by atoms with Gasteiger partial charge in [0.25, 0.3) is 0 Å². The first-order valence-corrected chi connectivity index (χ1v) is 9.15. The summed E-state index contributed by atoms with van der Waals surface area (Å²) in [4.78, 5) is 5.42. The van der Waals surface area contributed by atoms with E-state index in [1.54, 1.807) is 23.5 Å². The van der Waals surface area contributed by atoms with Crippen molar-refractivity contribution in [2.75, 3.05) is 0 Å². The zero-order chi connectivity index (χ0) is 15.8. The fraction of sp³-hybridized carbons (Fsp3) is 0.167. The van der Waals surface area contributed by atoms with Crippen LogP contribution in [0.1, 0.15) is 18.9 Å². The molecule has 0 bridgehead atoms. The minimum Gasteiger partial charge on any atom is -0.313 e. The molecule has 0 radical (unpaired) electrons. The van der Waals surface area contributed by atoms with Crippen LogP contribution in [-0.4, -0.2) is 4.57 Å². The number of hydrogen-bond acceptors (Lipinski definition) is 2. The summed E-state index contributed by atoms with van der Waals surface area (Å²) < 4.78 is 17.2. The molecule has 23 heavy (non-hydrogen) atoms. The third-order valence-corrected chi connectivity index (χ3v) is 5.40. The van der Waals surface area contributed by atoms with Crippen molar-refractivity contribution in [3.05, 3.63) is 69.0 Å². The molecule has 1 aliphatic carbocycles. The highest BCUT2D eigenvalue weighted by atomic mass is 79.9. The number of thiazole rings is 1. The van der Waals surface area contributed by atoms with Crippen molar-refractivity contribution in [1.82, 2.24) is 4.57 Å². The summed E-state index contributed by atoms with van der Waals surface area (Å²) in [6.45, 7) is 0. The third kappa shape index (κ3) is 2.91. The lowest BCUT2D eigenvalue weighted by atomic mass is 10.2. The van der Waals surface area contributed by atoms with E-state index in [4.69, 9.17) is 0 Å². The fourth-order valence-corrected chi connectivity index (χ4v) is 4.06. The molecule has 0 spiro atoms. The second-order valence-corrected chi connectivity index (χ2v) is 7.24. The molecule has 2 aromatic carbocycles. The second-order valence-electron chi connectivity index (χ2n) is 5.55. The van der Waals surface area contributed by atoms with Crippen molar-refractivity contribution in [1.29, 1.82) is 0 Å². The van der Waals surface area contributed by atoms with E-state index in [0.717, 1.165) is 33.4 Å². The second kappa shape index (κ2) is 6.06. The van der Waals surface area contributed by atoms with Crippen molar-refractivity contribution in [3.8, 4) is 11.3 Å². The van der Waals surface area contributed by atoms with E-state index in [9.17, 15) is 4.39 Å². The predicted octanol–water partition coefficient (Wildman–Crippen LogP) is 5.69. The van der Waals surface area contributed by atoms with Gasteiger partial charge >= 0.3 is 0 Å². The zero-order valence-electron chi connectivity index (χ0n) is 12.2. The Balaban J connectivity index is 1.90. The van der Waals surface area contributed by atoms with Gasteiger partial charge in [0.1, 0.15) is 11.5 Å². The first kappa shape index (κ1) is 14.8. The normalized spacial score (nSPS) is 15.1. The van der Waals surface area contributed by atoms with Crippen LogP contribution in [0.4, 0.5) is 10.1 Å². The summed E-state index contributed by atoms with van der Waals surface area (Å²) in [6.07, 6.45) is 2.30. The van der Waals surface area contributed by atoms with Crippen molar-refractivity contribution in [3.63, 3.8) is 0 Å². The lowest BCUT2D eigenvalue weighted by molar-refractivity contribution is 0.627. The molecule has 1 aliphatic rings. The van der Waals surface area contributed by atoms with Crippen LogP contribution in [-0.2, 0) is 0 Å². The first-order chi connectivity index (χ1) is 11.2. The Morgan fingerprint density at radius 2 is 1.83 bits per heavy atom. The highest BCUT2D eigenvalue weighted by molar-refractivity contribution is 9.10. The van der Waals surface area contributed by atoms with E-state index < -0.39 is 0 Å². The number of rotatable bonds is 3.